The Hall–Kier alpha value is -3.65. The van der Waals surface area contributed by atoms with E-state index in [1.807, 2.05) is 0 Å². The van der Waals surface area contributed by atoms with E-state index >= 15 is 0 Å². The van der Waals surface area contributed by atoms with E-state index in [-0.39, 0.29) is 24.5 Å². The van der Waals surface area contributed by atoms with Crippen LogP contribution >= 0.6 is 0 Å². The predicted octanol–water partition coefficient (Wildman–Crippen LogP) is 5.01. The zero-order valence-electron chi connectivity index (χ0n) is 17.7. The van der Waals surface area contributed by atoms with E-state index in [0.29, 0.717) is 16.8 Å². The zero-order chi connectivity index (χ0) is 23.8. The zero-order valence-corrected chi connectivity index (χ0v) is 17.7. The van der Waals surface area contributed by atoms with Crippen molar-refractivity contribution in [2.45, 2.75) is 25.6 Å². The molecule has 1 atom stereocenters. The Labute approximate surface area is 188 Å². The number of amides is 2. The summed E-state index contributed by atoms with van der Waals surface area (Å²) in [6, 6.07) is 17.7. The van der Waals surface area contributed by atoms with Gasteiger partial charge in [-0.3, -0.25) is 14.5 Å². The van der Waals surface area contributed by atoms with Crippen LogP contribution in [0.15, 0.2) is 72.8 Å². The smallest absolute Gasteiger partial charge is 0.392 e. The van der Waals surface area contributed by atoms with Gasteiger partial charge < -0.3 is 10.0 Å². The number of alkyl halides is 3. The van der Waals surface area contributed by atoms with E-state index in [1.54, 1.807) is 61.5 Å². The lowest BCUT2D eigenvalue weighted by Crippen LogP contribution is -2.39. The Morgan fingerprint density at radius 2 is 1.55 bits per heavy atom. The van der Waals surface area contributed by atoms with Gasteiger partial charge >= 0.3 is 6.18 Å². The first-order valence-corrected chi connectivity index (χ1v) is 10.4. The maximum Gasteiger partial charge on any atom is 0.416 e. The minimum absolute atomic E-state index is 0.00861. The molecule has 8 heteroatoms. The molecule has 0 spiro atoms. The number of carbonyl (C=O) groups excluding carboxylic acids is 2. The summed E-state index contributed by atoms with van der Waals surface area (Å²) in [4.78, 5) is 29.9. The second-order valence-electron chi connectivity index (χ2n) is 7.63. The largest absolute Gasteiger partial charge is 0.416 e. The fourth-order valence-corrected chi connectivity index (χ4v) is 4.01. The lowest BCUT2D eigenvalue weighted by Gasteiger charge is -2.26. The molecular formula is C25H21F3N2O3. The summed E-state index contributed by atoms with van der Waals surface area (Å²) in [6.07, 6.45) is -4.62. The van der Waals surface area contributed by atoms with Crippen LogP contribution < -0.4 is 9.80 Å². The van der Waals surface area contributed by atoms with Crippen LogP contribution in [0.2, 0.25) is 0 Å². The molecule has 0 saturated carbocycles. The molecule has 4 rings (SSSR count). The first-order chi connectivity index (χ1) is 15.8. The Morgan fingerprint density at radius 3 is 2.12 bits per heavy atom. The standard InChI is InChI=1S/C25H21F3N2O3/c1-2-29-20-13-12-18(25(26,27)28)14-21(20)30(19-6-4-3-5-7-19)24(33)22(23(29)32)17-10-8-16(15-31)9-11-17/h3-14,22,31H,2,15H2,1H3. The maximum absolute atomic E-state index is 13.8. The molecule has 3 aromatic rings. The van der Waals surface area contributed by atoms with Gasteiger partial charge in [-0.25, -0.2) is 0 Å². The average molecular weight is 454 g/mol. The third kappa shape index (κ3) is 4.09. The Kier molecular flexibility index (Phi) is 5.95. The highest BCUT2D eigenvalue weighted by molar-refractivity contribution is 6.23. The summed E-state index contributed by atoms with van der Waals surface area (Å²) in [5.41, 5.74) is 0.658. The van der Waals surface area contributed by atoms with Gasteiger partial charge in [-0.2, -0.15) is 13.2 Å². The van der Waals surface area contributed by atoms with Crippen LogP contribution in [0.25, 0.3) is 0 Å². The lowest BCUT2D eigenvalue weighted by molar-refractivity contribution is -0.137. The second-order valence-corrected chi connectivity index (χ2v) is 7.63. The molecule has 1 aliphatic rings. The van der Waals surface area contributed by atoms with Crippen LogP contribution in [0.5, 0.6) is 0 Å². The number of halogens is 3. The molecule has 1 aliphatic heterocycles. The molecule has 2 amide bonds. The number of aliphatic hydroxyl groups excluding tert-OH is 1. The normalized spacial score (nSPS) is 16.6. The van der Waals surface area contributed by atoms with Gasteiger partial charge in [-0.1, -0.05) is 42.5 Å². The van der Waals surface area contributed by atoms with Gasteiger partial charge in [0.25, 0.3) is 0 Å². The molecule has 1 heterocycles. The van der Waals surface area contributed by atoms with Crippen molar-refractivity contribution in [1.29, 1.82) is 0 Å². The first kappa shape index (κ1) is 22.5. The number of carbonyl (C=O) groups is 2. The summed E-state index contributed by atoms with van der Waals surface area (Å²) in [6.45, 7) is 1.67. The molecule has 3 aromatic carbocycles. The van der Waals surface area contributed by atoms with E-state index in [0.717, 1.165) is 12.1 Å². The van der Waals surface area contributed by atoms with Gasteiger partial charge in [0.2, 0.25) is 11.8 Å². The summed E-state index contributed by atoms with van der Waals surface area (Å²) in [5, 5.41) is 9.33. The van der Waals surface area contributed by atoms with Gasteiger partial charge in [0.1, 0.15) is 5.92 Å². The molecule has 5 nitrogen and oxygen atoms in total. The number of fused-ring (bicyclic) bond motifs is 1. The Morgan fingerprint density at radius 1 is 0.879 bits per heavy atom. The summed E-state index contributed by atoms with van der Waals surface area (Å²) in [5.74, 6) is -2.45. The quantitative estimate of drug-likeness (QED) is 0.564. The monoisotopic (exact) mass is 454 g/mol. The highest BCUT2D eigenvalue weighted by Gasteiger charge is 2.42. The van der Waals surface area contributed by atoms with Crippen molar-refractivity contribution >= 4 is 28.9 Å². The van der Waals surface area contributed by atoms with Gasteiger partial charge in [0, 0.05) is 12.2 Å². The third-order valence-electron chi connectivity index (χ3n) is 5.64. The Balaban J connectivity index is 1.97. The van der Waals surface area contributed by atoms with Crippen molar-refractivity contribution in [2.24, 2.45) is 0 Å². The van der Waals surface area contributed by atoms with E-state index in [2.05, 4.69) is 0 Å². The molecule has 0 fully saturated rings. The van der Waals surface area contributed by atoms with E-state index in [9.17, 15) is 27.9 Å². The number of benzene rings is 3. The van der Waals surface area contributed by atoms with Gasteiger partial charge in [0.15, 0.2) is 0 Å². The lowest BCUT2D eigenvalue weighted by atomic mass is 9.95. The summed E-state index contributed by atoms with van der Waals surface area (Å²) in [7, 11) is 0. The Bertz CT molecular complexity index is 1180. The van der Waals surface area contributed by atoms with Crippen LogP contribution in [-0.2, 0) is 22.4 Å². The number of aliphatic hydroxyl groups is 1. The molecule has 0 aliphatic carbocycles. The highest BCUT2D eigenvalue weighted by atomic mass is 19.4. The number of likely N-dealkylation sites (N-methyl/N-ethyl adjacent to an activating group) is 1. The van der Waals surface area contributed by atoms with E-state index in [1.165, 1.54) is 15.9 Å². The van der Waals surface area contributed by atoms with E-state index in [4.69, 9.17) is 0 Å². The van der Waals surface area contributed by atoms with Crippen molar-refractivity contribution in [3.05, 3.63) is 89.5 Å². The van der Waals surface area contributed by atoms with Crippen molar-refractivity contribution in [3.63, 3.8) is 0 Å². The van der Waals surface area contributed by atoms with Crippen LogP contribution in [0.4, 0.5) is 30.2 Å². The number of nitrogens with zero attached hydrogens (tertiary/aromatic N) is 2. The molecular weight excluding hydrogens is 433 g/mol. The number of hydrogen-bond donors (Lipinski definition) is 1. The van der Waals surface area contributed by atoms with Crippen molar-refractivity contribution < 1.29 is 27.9 Å². The van der Waals surface area contributed by atoms with Crippen molar-refractivity contribution in [2.75, 3.05) is 16.3 Å². The molecule has 33 heavy (non-hydrogen) atoms. The predicted molar refractivity (Wildman–Crippen MR) is 118 cm³/mol. The molecule has 1 N–H and O–H groups in total. The van der Waals surface area contributed by atoms with Gasteiger partial charge in [-0.05, 0) is 48.4 Å². The molecule has 170 valence electrons. The molecule has 1 unspecified atom stereocenters. The highest BCUT2D eigenvalue weighted by Crippen LogP contribution is 2.44. The van der Waals surface area contributed by atoms with Crippen LogP contribution in [-0.4, -0.2) is 23.5 Å². The maximum atomic E-state index is 13.8. The van der Waals surface area contributed by atoms with Gasteiger partial charge in [0.05, 0.1) is 23.5 Å². The molecule has 0 saturated heterocycles. The SMILES string of the molecule is CCN1C(=O)C(c2ccc(CO)cc2)C(=O)N(c2ccccc2)c2cc(C(F)(F)F)ccc21. The number of para-hydroxylation sites is 1. The van der Waals surface area contributed by atoms with Crippen molar-refractivity contribution in [1.82, 2.24) is 0 Å². The van der Waals surface area contributed by atoms with Gasteiger partial charge in [-0.15, -0.1) is 0 Å². The molecule has 0 aromatic heterocycles. The minimum Gasteiger partial charge on any atom is -0.392 e. The van der Waals surface area contributed by atoms with Crippen LogP contribution in [0, 0.1) is 0 Å². The fourth-order valence-electron chi connectivity index (χ4n) is 4.01. The molecule has 0 radical (unpaired) electrons. The number of anilines is 3. The van der Waals surface area contributed by atoms with Crippen LogP contribution in [0.1, 0.15) is 29.5 Å². The fraction of sp³-hybridized carbons (Fsp3) is 0.200. The summed E-state index contributed by atoms with van der Waals surface area (Å²) >= 11 is 0. The van der Waals surface area contributed by atoms with Crippen LogP contribution in [0.3, 0.4) is 0 Å². The van der Waals surface area contributed by atoms with E-state index < -0.39 is 29.5 Å². The third-order valence-corrected chi connectivity index (χ3v) is 5.64. The number of rotatable bonds is 4. The average Bonchev–Trinajstić information content (AvgIpc) is 2.90. The topological polar surface area (TPSA) is 60.9 Å². The number of hydrogen-bond acceptors (Lipinski definition) is 3. The summed E-state index contributed by atoms with van der Waals surface area (Å²) < 4.78 is 40.7. The second kappa shape index (κ2) is 8.71. The van der Waals surface area contributed by atoms with Crippen molar-refractivity contribution in [3.8, 4) is 0 Å². The molecule has 0 bridgehead atoms. The minimum atomic E-state index is -4.62. The first-order valence-electron chi connectivity index (χ1n) is 10.4.